The van der Waals surface area contributed by atoms with Gasteiger partial charge in [0.1, 0.15) is 22.8 Å². The van der Waals surface area contributed by atoms with Gasteiger partial charge in [-0.15, -0.1) is 40.4 Å². The summed E-state index contributed by atoms with van der Waals surface area (Å²) in [4.78, 5) is 77.4. The first-order chi connectivity index (χ1) is 24.6. The highest BCUT2D eigenvalue weighted by atomic mass is 32.2. The summed E-state index contributed by atoms with van der Waals surface area (Å²) >= 11 is 3.28. The van der Waals surface area contributed by atoms with E-state index in [-0.39, 0.29) is 33.6 Å². The number of aliphatic imine (C=N–C) groups is 1. The van der Waals surface area contributed by atoms with Crippen molar-refractivity contribution in [3.8, 4) is 17.2 Å². The molecule has 2 aromatic rings. The van der Waals surface area contributed by atoms with Gasteiger partial charge in [0.25, 0.3) is 11.8 Å². The number of benzene rings is 1. The quantitative estimate of drug-likeness (QED) is 0.0656. The van der Waals surface area contributed by atoms with Gasteiger partial charge in [0, 0.05) is 28.2 Å². The number of anilines is 1. The second-order valence-electron chi connectivity index (χ2n) is 11.0. The molecule has 0 aliphatic carbocycles. The summed E-state index contributed by atoms with van der Waals surface area (Å²) in [6, 6.07) is 0.364. The van der Waals surface area contributed by atoms with Crippen molar-refractivity contribution in [3.63, 3.8) is 0 Å². The SMILES string of the molecule is CC1=NC2=CN(C(=O)O)NN2C(SCC2=C(C(=O)O)N3C(=O)[C@@H](NC(=O)C(=NO[C@H](C(=O)O)c4cc(O)c(O)c(O)c4)c4csc(N)n4)[C@H]3SC2)=C1. The van der Waals surface area contributed by atoms with E-state index in [9.17, 15) is 54.6 Å². The number of aliphatic carboxylic acids is 2. The summed E-state index contributed by atoms with van der Waals surface area (Å²) < 4.78 is 0. The molecule has 1 aromatic heterocycles. The molecule has 3 amide bonds. The van der Waals surface area contributed by atoms with Crippen molar-refractivity contribution in [2.75, 3.05) is 17.2 Å². The van der Waals surface area contributed by atoms with Gasteiger partial charge in [0.15, 0.2) is 33.9 Å². The van der Waals surface area contributed by atoms with E-state index in [2.05, 4.69) is 26.0 Å². The number of hydrazine groups is 2. The number of amides is 3. The van der Waals surface area contributed by atoms with E-state index in [1.165, 1.54) is 40.1 Å². The number of carbonyl (C=O) groups is 5. The number of β-lactam (4-membered cyclic amide) rings is 1. The Morgan fingerprint density at radius 3 is 2.52 bits per heavy atom. The van der Waals surface area contributed by atoms with Gasteiger partial charge in [-0.2, -0.15) is 5.01 Å². The first-order valence-electron chi connectivity index (χ1n) is 14.5. The first-order valence-corrected chi connectivity index (χ1v) is 17.4. The van der Waals surface area contributed by atoms with Crippen LogP contribution in [0.25, 0.3) is 0 Å². The first kappa shape index (κ1) is 35.8. The lowest BCUT2D eigenvalue weighted by Crippen LogP contribution is -2.71. The van der Waals surface area contributed by atoms with Crippen LogP contribution in [0.2, 0.25) is 0 Å². The summed E-state index contributed by atoms with van der Waals surface area (Å²) in [5.41, 5.74) is 7.95. The van der Waals surface area contributed by atoms with Gasteiger partial charge < -0.3 is 46.5 Å². The number of hydrogen-bond acceptors (Lipinski definition) is 18. The normalized spacial score (nSPS) is 20.2. The Morgan fingerprint density at radius 1 is 1.19 bits per heavy atom. The minimum atomic E-state index is -2.01. The van der Waals surface area contributed by atoms with Gasteiger partial charge >= 0.3 is 18.0 Å². The monoisotopic (exact) mass is 775 g/mol. The third-order valence-electron chi connectivity index (χ3n) is 7.51. The van der Waals surface area contributed by atoms with Crippen LogP contribution in [0.4, 0.5) is 9.93 Å². The third-order valence-corrected chi connectivity index (χ3v) is 10.6. The molecular weight excluding hydrogens is 751 g/mol. The molecule has 24 heteroatoms. The highest BCUT2D eigenvalue weighted by Crippen LogP contribution is 2.43. The van der Waals surface area contributed by atoms with Crippen LogP contribution in [0.5, 0.6) is 17.2 Å². The fourth-order valence-electron chi connectivity index (χ4n) is 5.16. The number of allylic oxidation sites excluding steroid dienone is 1. The molecule has 0 unspecified atom stereocenters. The third kappa shape index (κ3) is 6.73. The van der Waals surface area contributed by atoms with E-state index in [0.717, 1.165) is 33.4 Å². The predicted molar refractivity (Wildman–Crippen MR) is 182 cm³/mol. The molecule has 1 fully saturated rings. The molecule has 1 saturated heterocycles. The molecule has 3 atom stereocenters. The number of phenolic OH excluding ortho intramolecular Hbond substituents is 3. The maximum Gasteiger partial charge on any atom is 0.427 e. The number of nitrogens with zero attached hydrogens (tertiary/aromatic N) is 6. The van der Waals surface area contributed by atoms with E-state index in [4.69, 9.17) is 10.6 Å². The van der Waals surface area contributed by atoms with Gasteiger partial charge in [0.05, 0.1) is 11.2 Å². The van der Waals surface area contributed by atoms with Crippen LogP contribution < -0.4 is 16.6 Å². The number of oxime groups is 1. The number of carboxylic acids is 2. The number of aromatic hydroxyl groups is 3. The molecule has 1 aromatic carbocycles. The molecule has 0 spiro atoms. The molecule has 10 N–H and O–H groups in total. The Labute approximate surface area is 303 Å². The number of nitrogens with one attached hydrogen (secondary N) is 2. The average molecular weight is 776 g/mol. The van der Waals surface area contributed by atoms with Crippen LogP contribution in [0.15, 0.2) is 62.1 Å². The van der Waals surface area contributed by atoms with Crippen LogP contribution in [-0.4, -0.2) is 115 Å². The lowest BCUT2D eigenvalue weighted by atomic mass is 10.0. The summed E-state index contributed by atoms with van der Waals surface area (Å²) in [7, 11) is 0. The Balaban J connectivity index is 1.19. The van der Waals surface area contributed by atoms with Gasteiger partial charge in [-0.25, -0.2) is 29.4 Å². The largest absolute Gasteiger partial charge is 0.504 e. The average Bonchev–Trinajstić information content (AvgIpc) is 3.72. The van der Waals surface area contributed by atoms with Crippen molar-refractivity contribution in [1.82, 2.24) is 30.8 Å². The number of phenols is 3. The molecule has 0 saturated carbocycles. The molecule has 21 nitrogen and oxygen atoms in total. The maximum atomic E-state index is 13.5. The lowest BCUT2D eigenvalue weighted by molar-refractivity contribution is -0.151. The second kappa shape index (κ2) is 14.0. The number of hydrogen-bond donors (Lipinski definition) is 9. The van der Waals surface area contributed by atoms with Crippen LogP contribution >= 0.6 is 34.9 Å². The highest BCUT2D eigenvalue weighted by Gasteiger charge is 2.54. The maximum absolute atomic E-state index is 13.5. The topological polar surface area (TPSA) is 313 Å². The number of aromatic nitrogens is 1. The molecule has 5 heterocycles. The predicted octanol–water partition coefficient (Wildman–Crippen LogP) is 0.691. The van der Waals surface area contributed by atoms with Crippen LogP contribution in [0, 0.1) is 0 Å². The fraction of sp³-hybridized carbons (Fsp3) is 0.214. The number of carbonyl (C=O) groups excluding carboxylic acids is 2. The Hall–Kier alpha value is -5.98. The molecule has 4 aliphatic rings. The minimum Gasteiger partial charge on any atom is -0.504 e. The number of carboxylic acid groups (broad SMARTS) is 3. The summed E-state index contributed by atoms with van der Waals surface area (Å²) in [6.45, 7) is 1.71. The fourth-order valence-corrected chi connectivity index (χ4v) is 8.26. The second-order valence-corrected chi connectivity index (χ2v) is 14.0. The summed E-state index contributed by atoms with van der Waals surface area (Å²) in [5.74, 6) is -6.92. The van der Waals surface area contributed by atoms with Crippen molar-refractivity contribution < 1.29 is 59.4 Å². The number of thiazole rings is 1. The summed E-state index contributed by atoms with van der Waals surface area (Å²) in [6.07, 6.45) is -0.328. The number of fused-ring (bicyclic) bond motifs is 2. The zero-order valence-electron chi connectivity index (χ0n) is 26.2. The standard InChI is InChI=1S/C28H25N9O12S3/c1-9-2-16(37-15(30-9)5-35(34-37)28(47)48)50-6-11-7-51-24-18(23(42)36(24)19(11)25(43)44)32-22(41)17(12-8-52-27(29)31-12)33-49-21(26(45)46)10-3-13(38)20(40)14(39)4-10/h2-5,8,18,21,24,34,38-40H,6-7H2,1H3,(H2,29,31)(H,32,41)(H,43,44)(H,45,46)(H,47,48)/t18-,21+,24-/m1/s1. The van der Waals surface area contributed by atoms with Gasteiger partial charge in [-0.05, 0) is 30.7 Å². The molecule has 0 bridgehead atoms. The number of nitrogens with two attached hydrogens (primary N) is 1. The van der Waals surface area contributed by atoms with Gasteiger partial charge in [0.2, 0.25) is 6.10 Å². The van der Waals surface area contributed by atoms with E-state index < -0.39 is 70.3 Å². The molecule has 272 valence electrons. The van der Waals surface area contributed by atoms with Crippen molar-refractivity contribution in [2.24, 2.45) is 10.1 Å². The smallest absolute Gasteiger partial charge is 0.427 e. The van der Waals surface area contributed by atoms with Crippen molar-refractivity contribution in [1.29, 1.82) is 0 Å². The molecule has 52 heavy (non-hydrogen) atoms. The lowest BCUT2D eigenvalue weighted by Gasteiger charge is -2.49. The minimum absolute atomic E-state index is 0.00689. The van der Waals surface area contributed by atoms with E-state index in [1.54, 1.807) is 13.0 Å². The van der Waals surface area contributed by atoms with E-state index in [0.29, 0.717) is 22.1 Å². The number of thioether (sulfide) groups is 2. The van der Waals surface area contributed by atoms with Crippen molar-refractivity contribution in [3.05, 3.63) is 63.2 Å². The van der Waals surface area contributed by atoms with Crippen molar-refractivity contribution >= 4 is 81.3 Å². The van der Waals surface area contributed by atoms with Crippen molar-refractivity contribution in [2.45, 2.75) is 24.4 Å². The Morgan fingerprint density at radius 2 is 1.90 bits per heavy atom. The zero-order chi connectivity index (χ0) is 37.6. The molecular formula is C28H25N9O12S3. The van der Waals surface area contributed by atoms with E-state index in [1.807, 2.05) is 0 Å². The van der Waals surface area contributed by atoms with Crippen LogP contribution in [-0.2, 0) is 24.0 Å². The molecule has 4 aliphatic heterocycles. The van der Waals surface area contributed by atoms with Crippen LogP contribution in [0.3, 0.4) is 0 Å². The number of nitrogen functional groups attached to an aromatic ring is 1. The molecule has 6 rings (SSSR count). The Kier molecular flexibility index (Phi) is 9.63. The number of rotatable bonds is 11. The highest BCUT2D eigenvalue weighted by molar-refractivity contribution is 8.03. The summed E-state index contributed by atoms with van der Waals surface area (Å²) in [5, 5.41) is 67.9. The van der Waals surface area contributed by atoms with Gasteiger partial charge in [-0.1, -0.05) is 5.16 Å². The molecule has 0 radical (unpaired) electrons. The van der Waals surface area contributed by atoms with E-state index >= 15 is 0 Å². The van der Waals surface area contributed by atoms with Crippen LogP contribution in [0.1, 0.15) is 24.3 Å². The van der Waals surface area contributed by atoms with Gasteiger partial charge in [-0.3, -0.25) is 14.5 Å². The zero-order valence-corrected chi connectivity index (χ0v) is 28.6. The Bertz CT molecular complexity index is 2060.